The van der Waals surface area contributed by atoms with E-state index in [1.165, 1.54) is 12.1 Å². The molecule has 1 aliphatic heterocycles. The van der Waals surface area contributed by atoms with Gasteiger partial charge in [-0.05, 0) is 42.5 Å². The van der Waals surface area contributed by atoms with Gasteiger partial charge in [-0.25, -0.2) is 14.4 Å². The van der Waals surface area contributed by atoms with Gasteiger partial charge in [0.1, 0.15) is 22.8 Å². The molecule has 1 fully saturated rings. The second kappa shape index (κ2) is 8.84. The first-order valence-corrected chi connectivity index (χ1v) is 10.7. The summed E-state index contributed by atoms with van der Waals surface area (Å²) in [5.41, 5.74) is 1.01. The van der Waals surface area contributed by atoms with Gasteiger partial charge >= 0.3 is 0 Å². The molecule has 0 radical (unpaired) electrons. The highest BCUT2D eigenvalue weighted by molar-refractivity contribution is 7.16. The summed E-state index contributed by atoms with van der Waals surface area (Å²) < 4.78 is 13.0. The number of amides is 1. The van der Waals surface area contributed by atoms with Gasteiger partial charge in [0.25, 0.3) is 0 Å². The summed E-state index contributed by atoms with van der Waals surface area (Å²) in [4.78, 5) is 26.8. The zero-order chi connectivity index (χ0) is 20.2. The number of carbonyl (C=O) groups excluding carboxylic acids is 1. The van der Waals surface area contributed by atoms with Crippen molar-refractivity contribution in [2.24, 2.45) is 0 Å². The zero-order valence-electron chi connectivity index (χ0n) is 16.3. The molecule has 0 bridgehead atoms. The van der Waals surface area contributed by atoms with Crippen LogP contribution in [-0.4, -0.2) is 59.5 Å². The molecule has 1 saturated heterocycles. The summed E-state index contributed by atoms with van der Waals surface area (Å²) in [6.45, 7) is 5.77. The Labute approximate surface area is 173 Å². The fourth-order valence-electron chi connectivity index (χ4n) is 3.64. The van der Waals surface area contributed by atoms with Crippen LogP contribution in [0.2, 0.25) is 0 Å². The van der Waals surface area contributed by atoms with Gasteiger partial charge in [-0.2, -0.15) is 0 Å². The fraction of sp³-hybridized carbons (Fsp3) is 0.381. The molecular weight excluding hydrogens is 389 g/mol. The lowest BCUT2D eigenvalue weighted by Crippen LogP contribution is -2.54. The lowest BCUT2D eigenvalue weighted by atomic mass is 10.1. The van der Waals surface area contributed by atoms with Crippen LogP contribution < -0.4 is 10.2 Å². The minimum absolute atomic E-state index is 0.0304. The van der Waals surface area contributed by atoms with Gasteiger partial charge in [-0.15, -0.1) is 11.3 Å². The number of anilines is 1. The average molecular weight is 414 g/mol. The Morgan fingerprint density at radius 1 is 1.17 bits per heavy atom. The zero-order valence-corrected chi connectivity index (χ0v) is 17.2. The highest BCUT2D eigenvalue weighted by atomic mass is 32.1. The predicted octanol–water partition coefficient (Wildman–Crippen LogP) is 2.70. The number of aromatic nitrogens is 2. The number of rotatable bonds is 6. The van der Waals surface area contributed by atoms with Crippen LogP contribution >= 0.6 is 11.3 Å². The lowest BCUT2D eigenvalue weighted by Gasteiger charge is -2.38. The minimum atomic E-state index is -0.243. The van der Waals surface area contributed by atoms with Crippen molar-refractivity contribution in [2.75, 3.05) is 37.6 Å². The Kier molecular flexibility index (Phi) is 6.01. The van der Waals surface area contributed by atoms with Crippen molar-refractivity contribution in [3.63, 3.8) is 0 Å². The normalized spacial score (nSPS) is 16.1. The van der Waals surface area contributed by atoms with Crippen LogP contribution in [0.3, 0.4) is 0 Å². The molecule has 3 heterocycles. The minimum Gasteiger partial charge on any atom is -0.354 e. The monoisotopic (exact) mass is 413 g/mol. The molecule has 1 amide bonds. The SMILES string of the molecule is CC(C(=O)NCCc1ccc(F)cc1)N1CCN(c2ncnc3sccc23)CC1. The maximum atomic E-state index is 13.0. The molecule has 3 aromatic rings. The van der Waals surface area contributed by atoms with E-state index < -0.39 is 0 Å². The summed E-state index contributed by atoms with van der Waals surface area (Å²) in [7, 11) is 0. The number of hydrogen-bond acceptors (Lipinski definition) is 6. The summed E-state index contributed by atoms with van der Waals surface area (Å²) >= 11 is 1.62. The van der Waals surface area contributed by atoms with Gasteiger partial charge in [0.15, 0.2) is 0 Å². The van der Waals surface area contributed by atoms with Gasteiger partial charge in [0.05, 0.1) is 11.4 Å². The third-order valence-electron chi connectivity index (χ3n) is 5.41. The van der Waals surface area contributed by atoms with E-state index in [-0.39, 0.29) is 17.8 Å². The molecule has 1 N–H and O–H groups in total. The van der Waals surface area contributed by atoms with Crippen molar-refractivity contribution in [2.45, 2.75) is 19.4 Å². The number of fused-ring (bicyclic) bond motifs is 1. The number of nitrogens with one attached hydrogen (secondary N) is 1. The Balaban J connectivity index is 1.27. The van der Waals surface area contributed by atoms with E-state index in [2.05, 4.69) is 31.2 Å². The smallest absolute Gasteiger partial charge is 0.237 e. The largest absolute Gasteiger partial charge is 0.354 e. The highest BCUT2D eigenvalue weighted by Crippen LogP contribution is 2.27. The molecule has 1 atom stereocenters. The number of halogens is 1. The van der Waals surface area contributed by atoms with Gasteiger partial charge in [0.2, 0.25) is 5.91 Å². The van der Waals surface area contributed by atoms with Crippen molar-refractivity contribution in [3.8, 4) is 0 Å². The molecule has 0 aliphatic carbocycles. The second-order valence-electron chi connectivity index (χ2n) is 7.20. The summed E-state index contributed by atoms with van der Waals surface area (Å²) in [6, 6.07) is 8.28. The van der Waals surface area contributed by atoms with Crippen LogP contribution in [-0.2, 0) is 11.2 Å². The van der Waals surface area contributed by atoms with Crippen LogP contribution in [0.15, 0.2) is 42.0 Å². The Morgan fingerprint density at radius 3 is 2.69 bits per heavy atom. The van der Waals surface area contributed by atoms with Crippen molar-refractivity contribution in [1.82, 2.24) is 20.2 Å². The van der Waals surface area contributed by atoms with Gasteiger partial charge in [-0.3, -0.25) is 9.69 Å². The van der Waals surface area contributed by atoms with Crippen LogP contribution in [0.4, 0.5) is 10.2 Å². The molecule has 6 nitrogen and oxygen atoms in total. The van der Waals surface area contributed by atoms with Crippen LogP contribution in [0.1, 0.15) is 12.5 Å². The summed E-state index contributed by atoms with van der Waals surface area (Å²) in [6.07, 6.45) is 2.31. The van der Waals surface area contributed by atoms with E-state index in [4.69, 9.17) is 0 Å². The summed E-state index contributed by atoms with van der Waals surface area (Å²) in [5, 5.41) is 6.13. The van der Waals surface area contributed by atoms with Gasteiger partial charge in [0, 0.05) is 32.7 Å². The van der Waals surface area contributed by atoms with E-state index in [0.717, 1.165) is 47.8 Å². The molecule has 0 spiro atoms. The molecule has 1 aromatic carbocycles. The van der Waals surface area contributed by atoms with E-state index >= 15 is 0 Å². The number of thiophene rings is 1. The topological polar surface area (TPSA) is 61.4 Å². The Bertz CT molecular complexity index is 969. The number of piperazine rings is 1. The van der Waals surface area contributed by atoms with Gasteiger partial charge < -0.3 is 10.2 Å². The lowest BCUT2D eigenvalue weighted by molar-refractivity contribution is -0.125. The maximum Gasteiger partial charge on any atom is 0.237 e. The molecule has 29 heavy (non-hydrogen) atoms. The van der Waals surface area contributed by atoms with E-state index in [1.807, 2.05) is 12.3 Å². The molecule has 2 aromatic heterocycles. The van der Waals surface area contributed by atoms with Gasteiger partial charge in [-0.1, -0.05) is 12.1 Å². The molecular formula is C21H24FN5OS. The van der Waals surface area contributed by atoms with Crippen LogP contribution in [0, 0.1) is 5.82 Å². The Hall–Kier alpha value is -2.58. The molecule has 1 unspecified atom stereocenters. The van der Waals surface area contributed by atoms with Crippen molar-refractivity contribution >= 4 is 33.3 Å². The number of carbonyl (C=O) groups is 1. The van der Waals surface area contributed by atoms with E-state index in [1.54, 1.807) is 29.8 Å². The van der Waals surface area contributed by atoms with Crippen LogP contribution in [0.5, 0.6) is 0 Å². The Morgan fingerprint density at radius 2 is 1.93 bits per heavy atom. The van der Waals surface area contributed by atoms with Crippen molar-refractivity contribution < 1.29 is 9.18 Å². The standard InChI is InChI=1S/C21H24FN5OS/c1-15(20(28)23-8-6-16-2-4-17(22)5-3-16)26-9-11-27(12-10-26)19-18-7-13-29-21(18)25-14-24-19/h2-5,7,13-15H,6,8-12H2,1H3,(H,23,28). The maximum absolute atomic E-state index is 13.0. The second-order valence-corrected chi connectivity index (χ2v) is 8.10. The van der Waals surface area contributed by atoms with Crippen LogP contribution in [0.25, 0.3) is 10.2 Å². The third-order valence-corrected chi connectivity index (χ3v) is 6.23. The highest BCUT2D eigenvalue weighted by Gasteiger charge is 2.26. The van der Waals surface area contributed by atoms with E-state index in [0.29, 0.717) is 13.0 Å². The van der Waals surface area contributed by atoms with E-state index in [9.17, 15) is 9.18 Å². The summed E-state index contributed by atoms with van der Waals surface area (Å²) in [5.74, 6) is 0.766. The molecule has 152 valence electrons. The number of nitrogens with zero attached hydrogens (tertiary/aromatic N) is 4. The number of hydrogen-bond donors (Lipinski definition) is 1. The van der Waals surface area contributed by atoms with Crippen molar-refractivity contribution in [3.05, 3.63) is 53.4 Å². The quantitative estimate of drug-likeness (QED) is 0.673. The molecule has 8 heteroatoms. The average Bonchev–Trinajstić information content (AvgIpc) is 3.24. The third kappa shape index (κ3) is 4.54. The predicted molar refractivity (Wildman–Crippen MR) is 114 cm³/mol. The fourth-order valence-corrected chi connectivity index (χ4v) is 4.37. The number of benzene rings is 1. The first kappa shape index (κ1) is 19.7. The molecule has 0 saturated carbocycles. The molecule has 1 aliphatic rings. The van der Waals surface area contributed by atoms with Crippen molar-refractivity contribution in [1.29, 1.82) is 0 Å². The first-order chi connectivity index (χ1) is 14.1. The molecule has 4 rings (SSSR count). The first-order valence-electron chi connectivity index (χ1n) is 9.81.